The van der Waals surface area contributed by atoms with Crippen LogP contribution in [0.5, 0.6) is 0 Å². The Hall–Kier alpha value is -1.12. The molecule has 0 radical (unpaired) electrons. The van der Waals surface area contributed by atoms with Crippen LogP contribution in [0.1, 0.15) is 67.2 Å². The van der Waals surface area contributed by atoms with Crippen molar-refractivity contribution in [3.63, 3.8) is 0 Å². The van der Waals surface area contributed by atoms with Crippen molar-refractivity contribution in [2.45, 2.75) is 91.4 Å². The Bertz CT molecular complexity index is 527. The number of ketones is 1. The van der Waals surface area contributed by atoms with Crippen molar-refractivity contribution in [1.82, 2.24) is 16.0 Å². The third-order valence-electron chi connectivity index (χ3n) is 4.88. The Morgan fingerprint density at radius 3 is 1.97 bits per heavy atom. The van der Waals surface area contributed by atoms with Gasteiger partial charge in [0.25, 0.3) is 0 Å². The maximum atomic E-state index is 13.0. The summed E-state index contributed by atoms with van der Waals surface area (Å²) in [7, 11) is 0. The number of carbonyl (C=O) groups excluding carboxylic acids is 3. The van der Waals surface area contributed by atoms with E-state index >= 15 is 0 Å². The molecule has 7 nitrogen and oxygen atoms in total. The maximum absolute atomic E-state index is 13.0. The number of thioether (sulfide) groups is 1. The van der Waals surface area contributed by atoms with Crippen LogP contribution in [0.25, 0.3) is 0 Å². The van der Waals surface area contributed by atoms with Crippen LogP contribution in [0, 0.1) is 11.8 Å². The van der Waals surface area contributed by atoms with Crippen LogP contribution in [0.15, 0.2) is 0 Å². The highest BCUT2D eigenvalue weighted by atomic mass is 32.2. The molecular formula is C22H44N4O3S. The summed E-state index contributed by atoms with van der Waals surface area (Å²) in [5, 5.41) is 9.10. The highest BCUT2D eigenvalue weighted by Crippen LogP contribution is 2.11. The molecule has 0 aromatic heterocycles. The van der Waals surface area contributed by atoms with Gasteiger partial charge in [0.1, 0.15) is 6.04 Å². The first-order valence-corrected chi connectivity index (χ1v) is 12.5. The molecule has 0 aliphatic carbocycles. The summed E-state index contributed by atoms with van der Waals surface area (Å²) in [6.45, 7) is 12.0. The van der Waals surface area contributed by atoms with Crippen molar-refractivity contribution in [3.8, 4) is 0 Å². The number of unbranched alkanes of at least 4 members (excludes halogenated alkanes) is 1. The Morgan fingerprint density at radius 1 is 0.867 bits per heavy atom. The standard InChI is InChI=1S/C22H44N4O3S/c1-14(2)19(22(29)25-17(11-13-30-7)20(27)15(3)4)26-21(28)18(24-16(5)6)10-8-9-12-23/h14-19,24H,8-13,23H2,1-7H3,(H,25,29)(H,26,28). The van der Waals surface area contributed by atoms with Gasteiger partial charge in [0.2, 0.25) is 11.8 Å². The number of carbonyl (C=O) groups is 3. The molecule has 176 valence electrons. The number of nitrogens with one attached hydrogen (secondary N) is 3. The highest BCUT2D eigenvalue weighted by Gasteiger charge is 2.31. The van der Waals surface area contributed by atoms with E-state index in [0.717, 1.165) is 18.6 Å². The third-order valence-corrected chi connectivity index (χ3v) is 5.53. The molecule has 2 amide bonds. The average molecular weight is 445 g/mol. The van der Waals surface area contributed by atoms with E-state index < -0.39 is 12.1 Å². The summed E-state index contributed by atoms with van der Waals surface area (Å²) in [4.78, 5) is 38.5. The van der Waals surface area contributed by atoms with Gasteiger partial charge in [-0.15, -0.1) is 0 Å². The molecule has 30 heavy (non-hydrogen) atoms. The molecule has 0 fully saturated rings. The number of hydrogen-bond acceptors (Lipinski definition) is 6. The van der Waals surface area contributed by atoms with Crippen molar-refractivity contribution in [2.75, 3.05) is 18.6 Å². The molecule has 5 N–H and O–H groups in total. The Morgan fingerprint density at radius 2 is 1.50 bits per heavy atom. The summed E-state index contributed by atoms with van der Waals surface area (Å²) in [5.41, 5.74) is 5.58. The second-order valence-corrected chi connectivity index (χ2v) is 9.77. The van der Waals surface area contributed by atoms with E-state index in [9.17, 15) is 14.4 Å². The molecule has 3 unspecified atom stereocenters. The van der Waals surface area contributed by atoms with Gasteiger partial charge in [-0.2, -0.15) is 11.8 Å². The minimum atomic E-state index is -0.694. The predicted molar refractivity (Wildman–Crippen MR) is 127 cm³/mol. The van der Waals surface area contributed by atoms with Crippen molar-refractivity contribution >= 4 is 29.4 Å². The van der Waals surface area contributed by atoms with Gasteiger partial charge >= 0.3 is 0 Å². The van der Waals surface area contributed by atoms with Crippen molar-refractivity contribution < 1.29 is 14.4 Å². The van der Waals surface area contributed by atoms with Crippen LogP contribution in [0.2, 0.25) is 0 Å². The predicted octanol–water partition coefficient (Wildman–Crippen LogP) is 2.09. The van der Waals surface area contributed by atoms with Gasteiger partial charge in [-0.25, -0.2) is 0 Å². The normalized spacial score (nSPS) is 14.6. The van der Waals surface area contributed by atoms with Crippen LogP contribution in [0.3, 0.4) is 0 Å². The number of Topliss-reactive ketones (excluding diaryl/α,β-unsaturated/α-hetero) is 1. The lowest BCUT2D eigenvalue weighted by atomic mass is 9.97. The second-order valence-electron chi connectivity index (χ2n) is 8.79. The summed E-state index contributed by atoms with van der Waals surface area (Å²) >= 11 is 1.64. The molecule has 0 aromatic rings. The zero-order valence-corrected chi connectivity index (χ0v) is 20.7. The van der Waals surface area contributed by atoms with Crippen LogP contribution in [-0.2, 0) is 14.4 Å². The SMILES string of the molecule is CSCCC(NC(=O)C(NC(=O)C(CCCCN)NC(C)C)C(C)C)C(=O)C(C)C. The van der Waals surface area contributed by atoms with Gasteiger partial charge in [-0.3, -0.25) is 14.4 Å². The number of rotatable bonds is 16. The molecular weight excluding hydrogens is 400 g/mol. The molecule has 0 rings (SSSR count). The molecule has 0 aliphatic rings. The average Bonchev–Trinajstić information content (AvgIpc) is 2.66. The molecule has 0 saturated carbocycles. The van der Waals surface area contributed by atoms with Gasteiger partial charge in [0, 0.05) is 12.0 Å². The Balaban J connectivity index is 5.26. The fraction of sp³-hybridized carbons (Fsp3) is 0.864. The van der Waals surface area contributed by atoms with Gasteiger partial charge in [-0.1, -0.05) is 48.0 Å². The fourth-order valence-electron chi connectivity index (χ4n) is 3.16. The summed E-state index contributed by atoms with van der Waals surface area (Å²) < 4.78 is 0. The van der Waals surface area contributed by atoms with Crippen LogP contribution in [0.4, 0.5) is 0 Å². The molecule has 0 spiro atoms. The monoisotopic (exact) mass is 444 g/mol. The number of amides is 2. The zero-order chi connectivity index (χ0) is 23.3. The second kappa shape index (κ2) is 15.6. The van der Waals surface area contributed by atoms with E-state index in [0.29, 0.717) is 19.4 Å². The zero-order valence-electron chi connectivity index (χ0n) is 19.9. The summed E-state index contributed by atoms with van der Waals surface area (Å²) in [5.74, 6) is 0.0462. The highest BCUT2D eigenvalue weighted by molar-refractivity contribution is 7.98. The summed E-state index contributed by atoms with van der Waals surface area (Å²) in [6.07, 6.45) is 4.91. The van der Waals surface area contributed by atoms with Gasteiger partial charge in [0.15, 0.2) is 5.78 Å². The third kappa shape index (κ3) is 11.3. The van der Waals surface area contributed by atoms with E-state index in [4.69, 9.17) is 5.73 Å². The van der Waals surface area contributed by atoms with E-state index in [1.165, 1.54) is 0 Å². The smallest absolute Gasteiger partial charge is 0.243 e. The Labute approximate surface area is 187 Å². The molecule has 0 aliphatic heterocycles. The molecule has 0 bridgehead atoms. The molecule has 0 heterocycles. The van der Waals surface area contributed by atoms with Crippen molar-refractivity contribution in [3.05, 3.63) is 0 Å². The van der Waals surface area contributed by atoms with Gasteiger partial charge in [0.05, 0.1) is 12.1 Å². The number of nitrogens with two attached hydrogens (primary N) is 1. The topological polar surface area (TPSA) is 113 Å². The van der Waals surface area contributed by atoms with Gasteiger partial charge in [-0.05, 0) is 43.7 Å². The van der Waals surface area contributed by atoms with Gasteiger partial charge < -0.3 is 21.7 Å². The summed E-state index contributed by atoms with van der Waals surface area (Å²) in [6, 6.07) is -1.46. The largest absolute Gasteiger partial charge is 0.344 e. The van der Waals surface area contributed by atoms with E-state index in [-0.39, 0.29) is 41.5 Å². The fourth-order valence-corrected chi connectivity index (χ4v) is 3.63. The van der Waals surface area contributed by atoms with E-state index in [1.54, 1.807) is 11.8 Å². The first kappa shape index (κ1) is 28.9. The van der Waals surface area contributed by atoms with Crippen LogP contribution >= 0.6 is 11.8 Å². The molecule has 0 saturated heterocycles. The lowest BCUT2D eigenvalue weighted by Crippen LogP contribution is -2.57. The number of hydrogen-bond donors (Lipinski definition) is 4. The van der Waals surface area contributed by atoms with E-state index in [2.05, 4.69) is 16.0 Å². The van der Waals surface area contributed by atoms with Crippen molar-refractivity contribution in [2.24, 2.45) is 17.6 Å². The minimum absolute atomic E-state index is 0.0207. The van der Waals surface area contributed by atoms with E-state index in [1.807, 2.05) is 47.8 Å². The maximum Gasteiger partial charge on any atom is 0.243 e. The van der Waals surface area contributed by atoms with Crippen molar-refractivity contribution in [1.29, 1.82) is 0 Å². The van der Waals surface area contributed by atoms with Crippen LogP contribution < -0.4 is 21.7 Å². The Kier molecular flexibility index (Phi) is 15.1. The molecule has 0 aromatic carbocycles. The lowest BCUT2D eigenvalue weighted by Gasteiger charge is -2.28. The first-order chi connectivity index (χ1) is 14.0. The first-order valence-electron chi connectivity index (χ1n) is 11.1. The lowest BCUT2D eigenvalue weighted by molar-refractivity contribution is -0.133. The quantitative estimate of drug-likeness (QED) is 0.271. The molecule has 3 atom stereocenters. The minimum Gasteiger partial charge on any atom is -0.344 e. The molecule has 8 heteroatoms. The van der Waals surface area contributed by atoms with Crippen LogP contribution in [-0.4, -0.2) is 60.3 Å².